The van der Waals surface area contributed by atoms with Crippen molar-refractivity contribution in [2.45, 2.75) is 13.0 Å². The van der Waals surface area contributed by atoms with Gasteiger partial charge >= 0.3 is 0 Å². The Morgan fingerprint density at radius 2 is 2.47 bits per heavy atom. The van der Waals surface area contributed by atoms with Crippen molar-refractivity contribution in [2.24, 2.45) is 0 Å². The number of fused-ring (bicyclic) bond motifs is 1. The van der Waals surface area contributed by atoms with E-state index in [1.54, 1.807) is 13.1 Å². The van der Waals surface area contributed by atoms with E-state index in [9.17, 15) is 5.11 Å². The summed E-state index contributed by atoms with van der Waals surface area (Å²) in [7, 11) is 0. The molecule has 0 saturated carbocycles. The van der Waals surface area contributed by atoms with Gasteiger partial charge in [0.25, 0.3) is 0 Å². The summed E-state index contributed by atoms with van der Waals surface area (Å²) < 4.78 is 2.59. The second-order valence-corrected chi connectivity index (χ2v) is 4.11. The average Bonchev–Trinajstić information content (AvgIpc) is 2.61. The predicted molar refractivity (Wildman–Crippen MR) is 60.9 cm³/mol. The van der Waals surface area contributed by atoms with Crippen molar-refractivity contribution < 1.29 is 5.11 Å². The molecule has 2 aromatic rings. The molecule has 1 unspecified atom stereocenters. The summed E-state index contributed by atoms with van der Waals surface area (Å²) >= 11 is 3.31. The summed E-state index contributed by atoms with van der Waals surface area (Å²) in [6.45, 7) is 2.17. The van der Waals surface area contributed by atoms with Gasteiger partial charge in [0.2, 0.25) is 0 Å². The lowest BCUT2D eigenvalue weighted by molar-refractivity contribution is 0.208. The monoisotopic (exact) mass is 270 g/mol. The van der Waals surface area contributed by atoms with Crippen molar-refractivity contribution >= 4 is 27.4 Å². The summed E-state index contributed by atoms with van der Waals surface area (Å²) in [5.41, 5.74) is 0.749. The number of aliphatic hydroxyl groups is 1. The second kappa shape index (κ2) is 4.16. The molecular formula is C9H11BrN4O. The molecule has 15 heavy (non-hydrogen) atoms. The third-order valence-electron chi connectivity index (χ3n) is 1.91. The van der Waals surface area contributed by atoms with Crippen LogP contribution < -0.4 is 5.32 Å². The fraction of sp³-hybridized carbons (Fsp3) is 0.333. The zero-order valence-electron chi connectivity index (χ0n) is 8.18. The van der Waals surface area contributed by atoms with E-state index in [1.165, 1.54) is 0 Å². The first-order valence-electron chi connectivity index (χ1n) is 4.58. The quantitative estimate of drug-likeness (QED) is 0.882. The number of anilines is 1. The molecule has 2 heterocycles. The van der Waals surface area contributed by atoms with Crippen LogP contribution in [0, 0.1) is 0 Å². The number of aliphatic hydroxyl groups excluding tert-OH is 1. The summed E-state index contributed by atoms with van der Waals surface area (Å²) in [5, 5.41) is 12.2. The molecule has 0 saturated heterocycles. The lowest BCUT2D eigenvalue weighted by atomic mass is 10.4. The van der Waals surface area contributed by atoms with Crippen molar-refractivity contribution in [3.05, 3.63) is 23.2 Å². The second-order valence-electron chi connectivity index (χ2n) is 3.30. The highest BCUT2D eigenvalue weighted by atomic mass is 79.9. The Hall–Kier alpha value is -1.14. The van der Waals surface area contributed by atoms with Crippen molar-refractivity contribution in [3.8, 4) is 0 Å². The van der Waals surface area contributed by atoms with E-state index in [0.717, 1.165) is 10.3 Å². The van der Waals surface area contributed by atoms with Gasteiger partial charge in [0, 0.05) is 25.1 Å². The molecule has 0 radical (unpaired) electrons. The van der Waals surface area contributed by atoms with Gasteiger partial charge in [-0.2, -0.15) is 0 Å². The lowest BCUT2D eigenvalue weighted by Gasteiger charge is -2.08. The van der Waals surface area contributed by atoms with Gasteiger partial charge in [-0.1, -0.05) is 0 Å². The number of hydrogen-bond acceptors (Lipinski definition) is 4. The molecular weight excluding hydrogens is 260 g/mol. The Morgan fingerprint density at radius 3 is 3.20 bits per heavy atom. The molecule has 2 rings (SSSR count). The smallest absolute Gasteiger partial charge is 0.180 e. The fourth-order valence-corrected chi connectivity index (χ4v) is 1.66. The number of imidazole rings is 1. The molecule has 6 heteroatoms. The maximum absolute atomic E-state index is 9.18. The van der Waals surface area contributed by atoms with Gasteiger partial charge in [-0.05, 0) is 22.9 Å². The molecule has 2 aromatic heterocycles. The number of rotatable bonds is 3. The Morgan fingerprint density at radius 1 is 1.67 bits per heavy atom. The van der Waals surface area contributed by atoms with Crippen LogP contribution in [0.3, 0.4) is 0 Å². The van der Waals surface area contributed by atoms with Crippen LogP contribution >= 0.6 is 15.9 Å². The van der Waals surface area contributed by atoms with E-state index in [1.807, 2.05) is 16.8 Å². The Balaban J connectivity index is 2.35. The van der Waals surface area contributed by atoms with E-state index in [4.69, 9.17) is 0 Å². The topological polar surface area (TPSA) is 62.5 Å². The highest BCUT2D eigenvalue weighted by molar-refractivity contribution is 9.10. The number of nitrogens with one attached hydrogen (secondary N) is 1. The first-order valence-corrected chi connectivity index (χ1v) is 5.37. The Bertz CT molecular complexity index is 468. The van der Waals surface area contributed by atoms with E-state index in [2.05, 4.69) is 31.2 Å². The molecule has 0 amide bonds. The molecule has 0 aliphatic heterocycles. The van der Waals surface area contributed by atoms with Gasteiger partial charge in [-0.3, -0.25) is 0 Å². The van der Waals surface area contributed by atoms with Crippen molar-refractivity contribution in [3.63, 3.8) is 0 Å². The molecule has 0 aliphatic carbocycles. The maximum Gasteiger partial charge on any atom is 0.180 e. The minimum Gasteiger partial charge on any atom is -0.392 e. The van der Waals surface area contributed by atoms with Gasteiger partial charge < -0.3 is 14.8 Å². The van der Waals surface area contributed by atoms with Crippen LogP contribution in [0.5, 0.6) is 0 Å². The molecule has 5 nitrogen and oxygen atoms in total. The highest BCUT2D eigenvalue weighted by Crippen LogP contribution is 2.16. The SMILES string of the molecule is CC(O)CNc1nc(Br)cn2ccnc12. The standard InChI is InChI=1S/C9H11BrN4O/c1-6(15)4-12-8-9-11-2-3-14(9)5-7(10)13-8/h2-3,5-6,15H,4H2,1H3,(H,12,13). The number of nitrogens with zero attached hydrogens (tertiary/aromatic N) is 3. The number of halogens is 1. The fourth-order valence-electron chi connectivity index (χ4n) is 1.26. The summed E-state index contributed by atoms with van der Waals surface area (Å²) in [5.74, 6) is 0.662. The minimum atomic E-state index is -0.416. The normalized spacial score (nSPS) is 13.0. The van der Waals surface area contributed by atoms with E-state index >= 15 is 0 Å². The molecule has 2 N–H and O–H groups in total. The average molecular weight is 271 g/mol. The molecule has 0 spiro atoms. The molecule has 1 atom stereocenters. The van der Waals surface area contributed by atoms with Crippen LogP contribution in [-0.4, -0.2) is 32.1 Å². The first-order chi connectivity index (χ1) is 7.16. The van der Waals surface area contributed by atoms with E-state index in [0.29, 0.717) is 12.4 Å². The third kappa shape index (κ3) is 2.27. The molecule has 0 aliphatic rings. The van der Waals surface area contributed by atoms with E-state index in [-0.39, 0.29) is 0 Å². The van der Waals surface area contributed by atoms with Crippen molar-refractivity contribution in [2.75, 3.05) is 11.9 Å². The van der Waals surface area contributed by atoms with Gasteiger partial charge in [0.15, 0.2) is 11.5 Å². The molecule has 0 bridgehead atoms. The molecule has 80 valence electrons. The zero-order chi connectivity index (χ0) is 10.8. The van der Waals surface area contributed by atoms with Gasteiger partial charge in [0.05, 0.1) is 6.10 Å². The van der Waals surface area contributed by atoms with Gasteiger partial charge in [-0.15, -0.1) is 0 Å². The van der Waals surface area contributed by atoms with E-state index < -0.39 is 6.10 Å². The van der Waals surface area contributed by atoms with Crippen LogP contribution in [0.1, 0.15) is 6.92 Å². The van der Waals surface area contributed by atoms with Crippen LogP contribution in [0.2, 0.25) is 0 Å². The van der Waals surface area contributed by atoms with Crippen LogP contribution in [0.15, 0.2) is 23.2 Å². The zero-order valence-corrected chi connectivity index (χ0v) is 9.77. The predicted octanol–water partition coefficient (Wildman–Crippen LogP) is 1.28. The molecule has 0 aromatic carbocycles. The maximum atomic E-state index is 9.18. The highest BCUT2D eigenvalue weighted by Gasteiger charge is 2.06. The first kappa shape index (κ1) is 10.4. The van der Waals surface area contributed by atoms with Gasteiger partial charge in [-0.25, -0.2) is 9.97 Å². The summed E-state index contributed by atoms with van der Waals surface area (Å²) in [6.07, 6.45) is 4.96. The van der Waals surface area contributed by atoms with Crippen LogP contribution in [0.25, 0.3) is 5.65 Å². The number of hydrogen-bond donors (Lipinski definition) is 2. The van der Waals surface area contributed by atoms with Crippen LogP contribution in [-0.2, 0) is 0 Å². The largest absolute Gasteiger partial charge is 0.392 e. The van der Waals surface area contributed by atoms with Crippen molar-refractivity contribution in [1.29, 1.82) is 0 Å². The summed E-state index contributed by atoms with van der Waals surface area (Å²) in [4.78, 5) is 8.43. The Labute approximate surface area is 95.3 Å². The minimum absolute atomic E-state index is 0.416. The Kier molecular flexibility index (Phi) is 2.88. The lowest BCUT2D eigenvalue weighted by Crippen LogP contribution is -2.16. The third-order valence-corrected chi connectivity index (χ3v) is 2.29. The number of aromatic nitrogens is 3. The van der Waals surface area contributed by atoms with Gasteiger partial charge in [0.1, 0.15) is 4.60 Å². The summed E-state index contributed by atoms with van der Waals surface area (Å²) in [6, 6.07) is 0. The van der Waals surface area contributed by atoms with Crippen LogP contribution in [0.4, 0.5) is 5.82 Å². The van der Waals surface area contributed by atoms with Crippen molar-refractivity contribution in [1.82, 2.24) is 14.4 Å². The molecule has 0 fully saturated rings.